The molecule has 0 unspecified atom stereocenters. The van der Waals surface area contributed by atoms with Gasteiger partial charge in [0.1, 0.15) is 23.8 Å². The highest BCUT2D eigenvalue weighted by Crippen LogP contribution is 2.44. The molecule has 186 valence electrons. The molecule has 0 aliphatic carbocycles. The van der Waals surface area contributed by atoms with Gasteiger partial charge in [-0.3, -0.25) is 10.1 Å². The van der Waals surface area contributed by atoms with Gasteiger partial charge >= 0.3 is 6.18 Å². The molecule has 36 heavy (non-hydrogen) atoms. The lowest BCUT2D eigenvalue weighted by molar-refractivity contribution is -0.141. The minimum absolute atomic E-state index is 0.0344. The molecule has 0 aliphatic heterocycles. The number of phenolic OH excluding ortho intramolecular Hbond substituents is 1. The largest absolute Gasteiger partial charge is 0.506 e. The van der Waals surface area contributed by atoms with Crippen molar-refractivity contribution in [1.29, 1.82) is 0 Å². The Bertz CT molecular complexity index is 1380. The van der Waals surface area contributed by atoms with E-state index < -0.39 is 11.9 Å². The second-order valence-electron chi connectivity index (χ2n) is 8.05. The number of aliphatic imine (C=N–C) groups is 1. The molecule has 0 radical (unpaired) electrons. The molecule has 4 aromatic rings. The van der Waals surface area contributed by atoms with Crippen molar-refractivity contribution in [3.63, 3.8) is 0 Å². The van der Waals surface area contributed by atoms with Crippen molar-refractivity contribution in [2.24, 2.45) is 4.99 Å². The highest BCUT2D eigenvalue weighted by molar-refractivity contribution is 6.30. The minimum Gasteiger partial charge on any atom is -0.506 e. The van der Waals surface area contributed by atoms with Crippen molar-refractivity contribution in [3.8, 4) is 33.9 Å². The van der Waals surface area contributed by atoms with E-state index in [0.717, 1.165) is 22.9 Å². The molecule has 0 amide bonds. The van der Waals surface area contributed by atoms with E-state index in [1.807, 2.05) is 55.3 Å². The molecular weight excluding hydrogens is 491 g/mol. The molecule has 2 N–H and O–H groups in total. The Kier molecular flexibility index (Phi) is 7.35. The van der Waals surface area contributed by atoms with E-state index >= 15 is 0 Å². The van der Waals surface area contributed by atoms with Crippen LogP contribution in [-0.4, -0.2) is 27.6 Å². The molecule has 0 saturated heterocycles. The Balaban J connectivity index is 1.77. The Labute approximate surface area is 211 Å². The Morgan fingerprint density at radius 3 is 2.36 bits per heavy atom. The monoisotopic (exact) mass is 513 g/mol. The highest BCUT2D eigenvalue weighted by Gasteiger charge is 2.33. The number of H-pyrrole nitrogens is 1. The normalized spacial score (nSPS) is 12.1. The van der Waals surface area contributed by atoms with Gasteiger partial charge in [0.25, 0.3) is 0 Å². The van der Waals surface area contributed by atoms with Crippen LogP contribution >= 0.6 is 11.6 Å². The average molecular weight is 514 g/mol. The van der Waals surface area contributed by atoms with Crippen molar-refractivity contribution in [3.05, 3.63) is 88.6 Å². The number of aromatic amines is 1. The molecule has 0 atom stereocenters. The van der Waals surface area contributed by atoms with Crippen LogP contribution in [0.4, 0.5) is 13.2 Å². The molecular formula is C27H23ClF3N3O2. The molecule has 1 aromatic heterocycles. The standard InChI is InChI=1S/C27H23ClF3N3O2/c1-3-32-16(2)18-6-8-19(9-7-18)25-23(36-15-17-4-10-20(28)11-5-17)13-12-21(26(25)35)22-14-24(34-33-22)27(29,30)31/h4-14,35H,3,15H2,1-2H3,(H,33,34). The predicted molar refractivity (Wildman–Crippen MR) is 135 cm³/mol. The first-order valence-corrected chi connectivity index (χ1v) is 11.5. The quantitative estimate of drug-likeness (QED) is 0.251. The number of phenols is 1. The molecule has 5 nitrogen and oxygen atoms in total. The maximum atomic E-state index is 13.1. The van der Waals surface area contributed by atoms with Crippen LogP contribution in [0.15, 0.2) is 71.7 Å². The number of nitrogens with zero attached hydrogens (tertiary/aromatic N) is 2. The number of halogens is 4. The molecule has 0 aliphatic rings. The van der Waals surface area contributed by atoms with Gasteiger partial charge in [0.05, 0.1) is 11.3 Å². The fraction of sp³-hybridized carbons (Fsp3) is 0.185. The summed E-state index contributed by atoms with van der Waals surface area (Å²) in [6.45, 7) is 4.71. The molecule has 0 bridgehead atoms. The van der Waals surface area contributed by atoms with Crippen molar-refractivity contribution in [2.45, 2.75) is 26.6 Å². The van der Waals surface area contributed by atoms with Gasteiger partial charge < -0.3 is 9.84 Å². The second-order valence-corrected chi connectivity index (χ2v) is 8.49. The molecule has 4 rings (SSSR count). The first-order chi connectivity index (χ1) is 17.2. The average Bonchev–Trinajstić information content (AvgIpc) is 3.35. The number of hydrogen-bond donors (Lipinski definition) is 2. The van der Waals surface area contributed by atoms with Gasteiger partial charge in [-0.05, 0) is 60.9 Å². The van der Waals surface area contributed by atoms with Crippen LogP contribution in [0.25, 0.3) is 22.4 Å². The number of hydrogen-bond acceptors (Lipinski definition) is 4. The lowest BCUT2D eigenvalue weighted by Crippen LogP contribution is -2.04. The first kappa shape index (κ1) is 25.3. The van der Waals surface area contributed by atoms with Crippen LogP contribution < -0.4 is 4.74 Å². The van der Waals surface area contributed by atoms with Crippen molar-refractivity contribution >= 4 is 17.3 Å². The zero-order chi connectivity index (χ0) is 25.9. The summed E-state index contributed by atoms with van der Waals surface area (Å²) >= 11 is 5.95. The van der Waals surface area contributed by atoms with Crippen LogP contribution in [0.5, 0.6) is 11.5 Å². The van der Waals surface area contributed by atoms with E-state index in [-0.39, 0.29) is 23.6 Å². The third-order valence-corrected chi connectivity index (χ3v) is 5.85. The fourth-order valence-corrected chi connectivity index (χ4v) is 3.86. The summed E-state index contributed by atoms with van der Waals surface area (Å²) in [5, 5.41) is 17.6. The lowest BCUT2D eigenvalue weighted by Gasteiger charge is -2.16. The van der Waals surface area contributed by atoms with E-state index in [1.54, 1.807) is 18.2 Å². The number of benzene rings is 3. The van der Waals surface area contributed by atoms with Crippen LogP contribution in [0.2, 0.25) is 5.02 Å². The SMILES string of the molecule is CCN=C(C)c1ccc(-c2c(OCc3ccc(Cl)cc3)ccc(-c3cc(C(F)(F)F)[nH]n3)c2O)cc1. The van der Waals surface area contributed by atoms with Gasteiger partial charge in [0.2, 0.25) is 0 Å². The van der Waals surface area contributed by atoms with E-state index in [1.165, 1.54) is 6.07 Å². The van der Waals surface area contributed by atoms with E-state index in [0.29, 0.717) is 28.4 Å². The van der Waals surface area contributed by atoms with Crippen LogP contribution in [0.1, 0.15) is 30.7 Å². The zero-order valence-corrected chi connectivity index (χ0v) is 20.3. The second kappa shape index (κ2) is 10.5. The van der Waals surface area contributed by atoms with Crippen molar-refractivity contribution in [1.82, 2.24) is 10.2 Å². The fourth-order valence-electron chi connectivity index (χ4n) is 3.73. The van der Waals surface area contributed by atoms with Crippen LogP contribution in [0.3, 0.4) is 0 Å². The number of rotatable bonds is 7. The maximum absolute atomic E-state index is 13.1. The molecule has 1 heterocycles. The highest BCUT2D eigenvalue weighted by atomic mass is 35.5. The summed E-state index contributed by atoms with van der Waals surface area (Å²) in [5.74, 6) is 0.125. The topological polar surface area (TPSA) is 70.5 Å². The molecule has 3 aromatic carbocycles. The van der Waals surface area contributed by atoms with E-state index in [2.05, 4.69) is 10.1 Å². The van der Waals surface area contributed by atoms with Crippen LogP contribution in [0, 0.1) is 0 Å². The summed E-state index contributed by atoms with van der Waals surface area (Å²) in [6.07, 6.45) is -4.58. The third kappa shape index (κ3) is 5.54. The van der Waals surface area contributed by atoms with Gasteiger partial charge in [-0.15, -0.1) is 0 Å². The summed E-state index contributed by atoms with van der Waals surface area (Å²) in [7, 11) is 0. The van der Waals surface area contributed by atoms with Crippen molar-refractivity contribution in [2.75, 3.05) is 6.54 Å². The smallest absolute Gasteiger partial charge is 0.432 e. The number of nitrogens with one attached hydrogen (secondary N) is 1. The third-order valence-electron chi connectivity index (χ3n) is 5.59. The summed E-state index contributed by atoms with van der Waals surface area (Å²) in [4.78, 5) is 4.41. The summed E-state index contributed by atoms with van der Waals surface area (Å²) in [5.41, 5.74) is 2.72. The number of alkyl halides is 3. The molecule has 9 heteroatoms. The summed E-state index contributed by atoms with van der Waals surface area (Å²) < 4.78 is 45.3. The molecule has 0 saturated carbocycles. The van der Waals surface area contributed by atoms with Crippen molar-refractivity contribution < 1.29 is 23.0 Å². The Hall–Kier alpha value is -3.78. The molecule has 0 spiro atoms. The number of aromatic nitrogens is 2. The van der Waals surface area contributed by atoms with Gasteiger partial charge in [-0.25, -0.2) is 0 Å². The minimum atomic E-state index is -4.58. The van der Waals surface area contributed by atoms with E-state index in [4.69, 9.17) is 16.3 Å². The van der Waals surface area contributed by atoms with E-state index in [9.17, 15) is 18.3 Å². The van der Waals surface area contributed by atoms with Gasteiger partial charge in [-0.1, -0.05) is 48.0 Å². The first-order valence-electron chi connectivity index (χ1n) is 11.2. The number of aromatic hydroxyl groups is 1. The Morgan fingerprint density at radius 1 is 1.06 bits per heavy atom. The van der Waals surface area contributed by atoms with Crippen LogP contribution in [-0.2, 0) is 12.8 Å². The number of ether oxygens (including phenoxy) is 1. The maximum Gasteiger partial charge on any atom is 0.432 e. The van der Waals surface area contributed by atoms with Gasteiger partial charge in [-0.2, -0.15) is 18.3 Å². The summed E-state index contributed by atoms with van der Waals surface area (Å²) in [6, 6.07) is 18.5. The van der Waals surface area contributed by atoms with Gasteiger partial charge in [0, 0.05) is 22.8 Å². The Morgan fingerprint density at radius 2 is 1.75 bits per heavy atom. The lowest BCUT2D eigenvalue weighted by atomic mass is 9.97. The predicted octanol–water partition coefficient (Wildman–Crippen LogP) is 7.53. The molecule has 0 fully saturated rings. The van der Waals surface area contributed by atoms with Gasteiger partial charge in [0.15, 0.2) is 0 Å². The zero-order valence-electron chi connectivity index (χ0n) is 19.5.